The molecule has 0 unspecified atom stereocenters. The molecule has 0 aliphatic carbocycles. The van der Waals surface area contributed by atoms with Crippen LogP contribution in [0.15, 0.2) is 54.6 Å². The molecule has 0 saturated carbocycles. The summed E-state index contributed by atoms with van der Waals surface area (Å²) in [6, 6.07) is 15.9. The number of anilines is 1. The Labute approximate surface area is 99.1 Å². The molecule has 2 rings (SSSR count). The molecule has 0 fully saturated rings. The summed E-state index contributed by atoms with van der Waals surface area (Å²) in [5.74, 6) is -0.101. The second-order valence-electron chi connectivity index (χ2n) is 3.50. The first kappa shape index (κ1) is 11.1. The Morgan fingerprint density at radius 1 is 0.941 bits per heavy atom. The molecule has 1 amide bonds. The fourth-order valence-electron chi connectivity index (χ4n) is 1.62. The summed E-state index contributed by atoms with van der Waals surface area (Å²) < 4.78 is 0. The number of nitrogens with one attached hydrogen (secondary N) is 1. The maximum atomic E-state index is 12.2. The summed E-state index contributed by atoms with van der Waals surface area (Å²) in [5, 5.41) is 2.53. The van der Waals surface area contributed by atoms with Gasteiger partial charge in [-0.1, -0.05) is 42.5 Å². The number of rotatable bonds is 4. The monoisotopic (exact) mass is 225 g/mol. The minimum Gasteiger partial charge on any atom is -0.328 e. The second kappa shape index (κ2) is 5.07. The Balaban J connectivity index is 2.40. The molecule has 0 aliphatic heterocycles. The van der Waals surface area contributed by atoms with Gasteiger partial charge in [0.1, 0.15) is 0 Å². The zero-order valence-corrected chi connectivity index (χ0v) is 9.09. The van der Waals surface area contributed by atoms with Gasteiger partial charge in [-0.15, -0.1) is 0 Å². The van der Waals surface area contributed by atoms with E-state index >= 15 is 0 Å². The van der Waals surface area contributed by atoms with Crippen molar-refractivity contribution in [2.75, 3.05) is 5.32 Å². The smallest absolute Gasteiger partial charge is 0.211 e. The number of para-hydroxylation sites is 1. The molecule has 0 aromatic heterocycles. The Morgan fingerprint density at radius 3 is 2.29 bits per heavy atom. The predicted molar refractivity (Wildman–Crippen MR) is 66.0 cm³/mol. The summed E-state index contributed by atoms with van der Waals surface area (Å²) in [5.41, 5.74) is 1.62. The average molecular weight is 225 g/mol. The normalized spacial score (nSPS) is 9.65. The molecule has 0 spiro atoms. The summed E-state index contributed by atoms with van der Waals surface area (Å²) >= 11 is 0. The molecule has 0 aliphatic rings. The van der Waals surface area contributed by atoms with Crippen molar-refractivity contribution in [2.45, 2.75) is 0 Å². The number of hydrogen-bond acceptors (Lipinski definition) is 2. The third-order valence-corrected chi connectivity index (χ3v) is 2.42. The topological polar surface area (TPSA) is 46.2 Å². The van der Waals surface area contributed by atoms with E-state index in [4.69, 9.17) is 0 Å². The number of carbonyl (C=O) groups is 2. The summed E-state index contributed by atoms with van der Waals surface area (Å²) in [7, 11) is 0. The van der Waals surface area contributed by atoms with Crippen LogP contribution in [0, 0.1) is 0 Å². The highest BCUT2D eigenvalue weighted by Gasteiger charge is 2.12. The van der Waals surface area contributed by atoms with Gasteiger partial charge in [0, 0.05) is 11.1 Å². The van der Waals surface area contributed by atoms with Gasteiger partial charge in [0.15, 0.2) is 5.78 Å². The maximum absolute atomic E-state index is 12.2. The maximum Gasteiger partial charge on any atom is 0.211 e. The quantitative estimate of drug-likeness (QED) is 0.641. The van der Waals surface area contributed by atoms with Gasteiger partial charge in [-0.25, -0.2) is 0 Å². The van der Waals surface area contributed by atoms with Crippen molar-refractivity contribution in [2.24, 2.45) is 0 Å². The van der Waals surface area contributed by atoms with Gasteiger partial charge in [0.2, 0.25) is 6.41 Å². The highest BCUT2D eigenvalue weighted by molar-refractivity contribution is 6.12. The van der Waals surface area contributed by atoms with Gasteiger partial charge in [0.25, 0.3) is 0 Å². The van der Waals surface area contributed by atoms with Crippen molar-refractivity contribution in [1.82, 2.24) is 0 Å². The molecule has 0 heterocycles. The van der Waals surface area contributed by atoms with Crippen molar-refractivity contribution in [3.05, 3.63) is 65.7 Å². The van der Waals surface area contributed by atoms with Crippen molar-refractivity contribution < 1.29 is 9.59 Å². The molecule has 2 aromatic carbocycles. The van der Waals surface area contributed by atoms with E-state index < -0.39 is 0 Å². The first-order valence-corrected chi connectivity index (χ1v) is 5.22. The Kier molecular flexibility index (Phi) is 3.31. The number of ketones is 1. The zero-order valence-electron chi connectivity index (χ0n) is 9.09. The van der Waals surface area contributed by atoms with Gasteiger partial charge in [-0.2, -0.15) is 0 Å². The van der Waals surface area contributed by atoms with Crippen LogP contribution >= 0.6 is 0 Å². The van der Waals surface area contributed by atoms with Crippen LogP contribution in [-0.4, -0.2) is 12.2 Å². The molecule has 17 heavy (non-hydrogen) atoms. The predicted octanol–water partition coefficient (Wildman–Crippen LogP) is 2.49. The van der Waals surface area contributed by atoms with Crippen LogP contribution in [0.5, 0.6) is 0 Å². The average Bonchev–Trinajstić information content (AvgIpc) is 2.40. The summed E-state index contributed by atoms with van der Waals surface area (Å²) in [4.78, 5) is 22.6. The van der Waals surface area contributed by atoms with E-state index in [1.807, 2.05) is 18.2 Å². The molecule has 0 radical (unpaired) electrons. The SMILES string of the molecule is O=CNc1ccccc1C(=O)c1ccccc1. The van der Waals surface area contributed by atoms with Crippen LogP contribution in [0.3, 0.4) is 0 Å². The standard InChI is InChI=1S/C14H11NO2/c16-10-15-13-9-5-4-8-12(13)14(17)11-6-2-1-3-7-11/h1-10H,(H,15,16). The summed E-state index contributed by atoms with van der Waals surface area (Å²) in [6.07, 6.45) is 0.567. The van der Waals surface area contributed by atoms with Crippen molar-refractivity contribution >= 4 is 17.9 Å². The largest absolute Gasteiger partial charge is 0.328 e. The lowest BCUT2D eigenvalue weighted by atomic mass is 10.0. The molecule has 3 nitrogen and oxygen atoms in total. The fraction of sp³-hybridized carbons (Fsp3) is 0. The molecule has 0 atom stereocenters. The van der Waals surface area contributed by atoms with Gasteiger partial charge in [-0.3, -0.25) is 9.59 Å². The van der Waals surface area contributed by atoms with Crippen LogP contribution in [0.1, 0.15) is 15.9 Å². The third-order valence-electron chi connectivity index (χ3n) is 2.42. The Morgan fingerprint density at radius 2 is 1.59 bits per heavy atom. The first-order valence-electron chi connectivity index (χ1n) is 5.22. The van der Waals surface area contributed by atoms with Crippen LogP contribution < -0.4 is 5.32 Å². The van der Waals surface area contributed by atoms with Crippen LogP contribution in [-0.2, 0) is 4.79 Å². The number of benzene rings is 2. The summed E-state index contributed by atoms with van der Waals surface area (Å²) in [6.45, 7) is 0. The van der Waals surface area contributed by atoms with Crippen LogP contribution in [0.2, 0.25) is 0 Å². The van der Waals surface area contributed by atoms with E-state index in [1.54, 1.807) is 36.4 Å². The lowest BCUT2D eigenvalue weighted by Crippen LogP contribution is -2.06. The minimum atomic E-state index is -0.101. The molecule has 0 saturated heterocycles. The van der Waals surface area contributed by atoms with E-state index in [0.29, 0.717) is 23.2 Å². The van der Waals surface area contributed by atoms with E-state index in [1.165, 1.54) is 0 Å². The van der Waals surface area contributed by atoms with E-state index in [-0.39, 0.29) is 5.78 Å². The van der Waals surface area contributed by atoms with Crippen molar-refractivity contribution in [3.8, 4) is 0 Å². The van der Waals surface area contributed by atoms with Gasteiger partial charge in [-0.05, 0) is 12.1 Å². The Hall–Kier alpha value is -2.42. The van der Waals surface area contributed by atoms with E-state index in [0.717, 1.165) is 0 Å². The minimum absolute atomic E-state index is 0.101. The molecule has 1 N–H and O–H groups in total. The third kappa shape index (κ3) is 2.39. The van der Waals surface area contributed by atoms with Crippen molar-refractivity contribution in [1.29, 1.82) is 0 Å². The zero-order chi connectivity index (χ0) is 12.1. The Bertz CT molecular complexity index is 535. The van der Waals surface area contributed by atoms with Crippen molar-refractivity contribution in [3.63, 3.8) is 0 Å². The molecule has 3 heteroatoms. The molecular weight excluding hydrogens is 214 g/mol. The number of carbonyl (C=O) groups excluding carboxylic acids is 2. The first-order chi connectivity index (χ1) is 8.33. The lowest BCUT2D eigenvalue weighted by molar-refractivity contribution is -0.105. The van der Waals surface area contributed by atoms with E-state index in [9.17, 15) is 9.59 Å². The molecule has 2 aromatic rings. The van der Waals surface area contributed by atoms with Gasteiger partial charge < -0.3 is 5.32 Å². The fourth-order valence-corrected chi connectivity index (χ4v) is 1.62. The highest BCUT2D eigenvalue weighted by Crippen LogP contribution is 2.18. The molecular formula is C14H11NO2. The van der Waals surface area contributed by atoms with Crippen LogP contribution in [0.25, 0.3) is 0 Å². The lowest BCUT2D eigenvalue weighted by Gasteiger charge is -2.06. The van der Waals surface area contributed by atoms with E-state index in [2.05, 4.69) is 5.32 Å². The second-order valence-corrected chi connectivity index (χ2v) is 3.50. The van der Waals surface area contributed by atoms with Gasteiger partial charge in [0.05, 0.1) is 5.69 Å². The molecule has 0 bridgehead atoms. The number of amides is 1. The molecule has 84 valence electrons. The highest BCUT2D eigenvalue weighted by atomic mass is 16.1. The van der Waals surface area contributed by atoms with Crippen LogP contribution in [0.4, 0.5) is 5.69 Å². The van der Waals surface area contributed by atoms with Gasteiger partial charge >= 0.3 is 0 Å². The number of hydrogen-bond donors (Lipinski definition) is 1.